The van der Waals surface area contributed by atoms with Crippen LogP contribution in [-0.2, 0) is 4.79 Å². The minimum absolute atomic E-state index is 0.211. The first-order valence-electron chi connectivity index (χ1n) is 3.75. The van der Waals surface area contributed by atoms with E-state index in [2.05, 4.69) is 50.5 Å². The Morgan fingerprint density at radius 1 is 1.36 bits per heavy atom. The summed E-state index contributed by atoms with van der Waals surface area (Å²) in [4.78, 5) is 11.0. The lowest BCUT2D eigenvalue weighted by molar-refractivity contribution is -0.121. The van der Waals surface area contributed by atoms with Crippen LogP contribution in [0.4, 0.5) is 0 Å². The van der Waals surface area contributed by atoms with Gasteiger partial charge in [0.15, 0.2) is 0 Å². The van der Waals surface area contributed by atoms with Crippen LogP contribution in [0.15, 0.2) is 0 Å². The van der Waals surface area contributed by atoms with Gasteiger partial charge >= 0.3 is 0 Å². The maximum Gasteiger partial charge on any atom is 0.220 e. The molecule has 2 nitrogen and oxygen atoms in total. The highest BCUT2D eigenvalue weighted by atomic mass is 127. The van der Waals surface area contributed by atoms with E-state index in [0.29, 0.717) is 7.85 Å². The molecule has 11 heavy (non-hydrogen) atoms. The number of nitrogens with one attached hydrogen (secondary N) is 1. The SMILES string of the molecule is O=C1CCC(I)(I)CCCN1. The minimum Gasteiger partial charge on any atom is -0.356 e. The van der Waals surface area contributed by atoms with Crippen molar-refractivity contribution >= 4 is 51.1 Å². The molecule has 1 fully saturated rings. The zero-order valence-electron chi connectivity index (χ0n) is 6.20. The maximum atomic E-state index is 11.0. The number of halogens is 2. The first-order chi connectivity index (χ1) is 5.10. The Morgan fingerprint density at radius 2 is 2.09 bits per heavy atom. The molecule has 0 spiro atoms. The number of hydrogen-bond donors (Lipinski definition) is 1. The average molecular weight is 379 g/mol. The van der Waals surface area contributed by atoms with Crippen molar-refractivity contribution in [3.63, 3.8) is 0 Å². The first kappa shape index (κ1) is 10.0. The molecule has 0 aromatic carbocycles. The largest absolute Gasteiger partial charge is 0.356 e. The van der Waals surface area contributed by atoms with Crippen molar-refractivity contribution in [1.29, 1.82) is 0 Å². The monoisotopic (exact) mass is 379 g/mol. The fourth-order valence-electron chi connectivity index (χ4n) is 1.08. The maximum absolute atomic E-state index is 11.0. The van der Waals surface area contributed by atoms with Crippen LogP contribution >= 0.6 is 45.2 Å². The highest BCUT2D eigenvalue weighted by Crippen LogP contribution is 2.37. The Bertz CT molecular complexity index is 159. The van der Waals surface area contributed by atoms with Crippen molar-refractivity contribution < 1.29 is 4.79 Å². The van der Waals surface area contributed by atoms with E-state index in [1.807, 2.05) is 0 Å². The van der Waals surface area contributed by atoms with Crippen molar-refractivity contribution in [2.75, 3.05) is 6.54 Å². The average Bonchev–Trinajstić information content (AvgIpc) is 1.92. The van der Waals surface area contributed by atoms with Crippen LogP contribution in [0.3, 0.4) is 0 Å². The predicted molar refractivity (Wildman–Crippen MR) is 62.2 cm³/mol. The van der Waals surface area contributed by atoms with E-state index >= 15 is 0 Å². The normalized spacial score (nSPS) is 25.1. The molecule has 0 aliphatic carbocycles. The number of carbonyl (C=O) groups is 1. The Hall–Kier alpha value is 0.930. The molecule has 0 aromatic heterocycles. The van der Waals surface area contributed by atoms with E-state index in [4.69, 9.17) is 0 Å². The van der Waals surface area contributed by atoms with Gasteiger partial charge in [-0.05, 0) is 19.3 Å². The standard InChI is InChI=1S/C7H11I2NO/c8-7(9)3-1-5-10-6(11)2-4-7/h1-5H2,(H,10,11). The van der Waals surface area contributed by atoms with Gasteiger partial charge < -0.3 is 5.32 Å². The van der Waals surface area contributed by atoms with Crippen LogP contribution in [0.5, 0.6) is 0 Å². The molecular formula is C7H11I2NO. The number of amides is 1. The topological polar surface area (TPSA) is 29.1 Å². The van der Waals surface area contributed by atoms with E-state index in [-0.39, 0.29) is 5.91 Å². The summed E-state index contributed by atoms with van der Waals surface area (Å²) in [5, 5.41) is 2.88. The van der Waals surface area contributed by atoms with E-state index in [9.17, 15) is 4.79 Å². The molecule has 1 aliphatic rings. The summed E-state index contributed by atoms with van der Waals surface area (Å²) in [6, 6.07) is 0. The van der Waals surface area contributed by atoms with Crippen LogP contribution in [0.1, 0.15) is 25.7 Å². The molecule has 0 radical (unpaired) electrons. The van der Waals surface area contributed by atoms with Gasteiger partial charge in [-0.15, -0.1) is 0 Å². The van der Waals surface area contributed by atoms with Crippen molar-refractivity contribution in [3.8, 4) is 0 Å². The fourth-order valence-corrected chi connectivity index (χ4v) is 2.39. The molecule has 0 bridgehead atoms. The zero-order valence-corrected chi connectivity index (χ0v) is 10.5. The van der Waals surface area contributed by atoms with Gasteiger partial charge in [-0.25, -0.2) is 0 Å². The number of rotatable bonds is 0. The third-order valence-electron chi connectivity index (χ3n) is 1.76. The fraction of sp³-hybridized carbons (Fsp3) is 0.857. The van der Waals surface area contributed by atoms with Gasteiger partial charge in [-0.3, -0.25) is 4.79 Å². The van der Waals surface area contributed by atoms with Gasteiger partial charge in [0.2, 0.25) is 5.91 Å². The molecular weight excluding hydrogens is 368 g/mol. The molecule has 1 saturated heterocycles. The van der Waals surface area contributed by atoms with Gasteiger partial charge in [0, 0.05) is 13.0 Å². The van der Waals surface area contributed by atoms with E-state index in [0.717, 1.165) is 19.4 Å². The lowest BCUT2D eigenvalue weighted by atomic mass is 10.1. The Balaban J connectivity index is 2.44. The predicted octanol–water partition coefficient (Wildman–Crippen LogP) is 2.24. The third kappa shape index (κ3) is 3.91. The van der Waals surface area contributed by atoms with Gasteiger partial charge in [-0.1, -0.05) is 45.2 Å². The summed E-state index contributed by atoms with van der Waals surface area (Å²) in [6.07, 6.45) is 4.00. The molecule has 0 unspecified atom stereocenters. The van der Waals surface area contributed by atoms with Gasteiger partial charge in [0.25, 0.3) is 0 Å². The summed E-state index contributed by atoms with van der Waals surface area (Å²) < 4.78 is 0.313. The summed E-state index contributed by atoms with van der Waals surface area (Å²) in [6.45, 7) is 0.854. The molecule has 0 saturated carbocycles. The molecule has 1 aliphatic heterocycles. The molecule has 4 heteroatoms. The Kier molecular flexibility index (Phi) is 3.87. The van der Waals surface area contributed by atoms with Gasteiger partial charge in [-0.2, -0.15) is 0 Å². The summed E-state index contributed by atoms with van der Waals surface area (Å²) in [5.41, 5.74) is 0. The summed E-state index contributed by atoms with van der Waals surface area (Å²) in [7, 11) is 0. The molecule has 0 atom stereocenters. The lowest BCUT2D eigenvalue weighted by Gasteiger charge is -2.22. The number of carbonyl (C=O) groups excluding carboxylic acids is 1. The zero-order chi connectivity index (χ0) is 8.32. The van der Waals surface area contributed by atoms with Crippen LogP contribution in [0.2, 0.25) is 0 Å². The van der Waals surface area contributed by atoms with Crippen LogP contribution in [0, 0.1) is 0 Å². The van der Waals surface area contributed by atoms with Gasteiger partial charge in [0.05, 0.1) is 1.43 Å². The highest BCUT2D eigenvalue weighted by Gasteiger charge is 2.24. The summed E-state index contributed by atoms with van der Waals surface area (Å²) in [5.74, 6) is 0.211. The van der Waals surface area contributed by atoms with Gasteiger partial charge in [0.1, 0.15) is 0 Å². The summed E-state index contributed by atoms with van der Waals surface area (Å²) >= 11 is 4.90. The van der Waals surface area contributed by atoms with Crippen LogP contribution in [0.25, 0.3) is 0 Å². The number of alkyl halides is 2. The quantitative estimate of drug-likeness (QED) is 0.508. The molecule has 64 valence electrons. The molecule has 1 amide bonds. The van der Waals surface area contributed by atoms with Crippen molar-refractivity contribution in [2.45, 2.75) is 27.1 Å². The smallest absolute Gasteiger partial charge is 0.220 e. The Labute approximate surface area is 94.2 Å². The Morgan fingerprint density at radius 3 is 2.82 bits per heavy atom. The van der Waals surface area contributed by atoms with Crippen LogP contribution < -0.4 is 5.32 Å². The highest BCUT2D eigenvalue weighted by molar-refractivity contribution is 14.2. The molecule has 1 heterocycles. The third-order valence-corrected chi connectivity index (χ3v) is 3.92. The van der Waals surface area contributed by atoms with Crippen molar-refractivity contribution in [2.24, 2.45) is 0 Å². The second-order valence-corrected chi connectivity index (χ2v) is 9.00. The van der Waals surface area contributed by atoms with Crippen LogP contribution in [-0.4, -0.2) is 13.9 Å². The first-order valence-corrected chi connectivity index (χ1v) is 5.90. The molecule has 1 N–H and O–H groups in total. The van der Waals surface area contributed by atoms with Crippen molar-refractivity contribution in [3.05, 3.63) is 0 Å². The van der Waals surface area contributed by atoms with E-state index < -0.39 is 0 Å². The second-order valence-electron chi connectivity index (χ2n) is 2.81. The lowest BCUT2D eigenvalue weighted by Crippen LogP contribution is -2.30. The second kappa shape index (κ2) is 4.25. The van der Waals surface area contributed by atoms with E-state index in [1.54, 1.807) is 0 Å². The van der Waals surface area contributed by atoms with E-state index in [1.165, 1.54) is 6.42 Å². The molecule has 0 aromatic rings. The molecule has 1 rings (SSSR count). The number of hydrogen-bond acceptors (Lipinski definition) is 1. The van der Waals surface area contributed by atoms with Crippen molar-refractivity contribution in [1.82, 2.24) is 5.32 Å². The minimum atomic E-state index is 0.211.